The first-order chi connectivity index (χ1) is 9.22. The molecular formula is C14H17N3O2. The number of aromatic nitrogens is 2. The van der Waals surface area contributed by atoms with Gasteiger partial charge >= 0.3 is 0 Å². The number of nitrogens with one attached hydrogen (secondary N) is 1. The maximum atomic E-state index is 5.72. The van der Waals surface area contributed by atoms with Gasteiger partial charge in [0.2, 0.25) is 11.8 Å². The SMILES string of the molecule is CNc1ncc(C)c(OCc2cccc(OC)c2)n1. The van der Waals surface area contributed by atoms with Crippen LogP contribution < -0.4 is 14.8 Å². The number of hydrogen-bond donors (Lipinski definition) is 1. The van der Waals surface area contributed by atoms with Crippen molar-refractivity contribution in [3.05, 3.63) is 41.6 Å². The zero-order chi connectivity index (χ0) is 13.7. The number of nitrogens with zero attached hydrogens (tertiary/aromatic N) is 2. The van der Waals surface area contributed by atoms with Crippen LogP contribution in [0.3, 0.4) is 0 Å². The highest BCUT2D eigenvalue weighted by Crippen LogP contribution is 2.18. The molecule has 0 aliphatic heterocycles. The summed E-state index contributed by atoms with van der Waals surface area (Å²) in [5.41, 5.74) is 1.94. The molecule has 0 aliphatic carbocycles. The van der Waals surface area contributed by atoms with Gasteiger partial charge in [0.05, 0.1) is 7.11 Å². The number of methoxy groups -OCH3 is 1. The van der Waals surface area contributed by atoms with Crippen LogP contribution in [0, 0.1) is 6.92 Å². The maximum Gasteiger partial charge on any atom is 0.225 e. The van der Waals surface area contributed by atoms with Crippen LogP contribution >= 0.6 is 0 Å². The fourth-order valence-corrected chi connectivity index (χ4v) is 1.61. The predicted molar refractivity (Wildman–Crippen MR) is 73.6 cm³/mol. The second-order valence-electron chi connectivity index (χ2n) is 4.07. The van der Waals surface area contributed by atoms with E-state index < -0.39 is 0 Å². The lowest BCUT2D eigenvalue weighted by Gasteiger charge is -2.09. The minimum Gasteiger partial charge on any atom is -0.497 e. The average Bonchev–Trinajstić information content (AvgIpc) is 2.46. The van der Waals surface area contributed by atoms with E-state index in [2.05, 4.69) is 15.3 Å². The first-order valence-electron chi connectivity index (χ1n) is 6.00. The molecule has 0 fully saturated rings. The summed E-state index contributed by atoms with van der Waals surface area (Å²) in [4.78, 5) is 8.39. The Kier molecular flexibility index (Phi) is 4.18. The van der Waals surface area contributed by atoms with E-state index >= 15 is 0 Å². The number of ether oxygens (including phenoxy) is 2. The van der Waals surface area contributed by atoms with E-state index in [1.54, 1.807) is 20.4 Å². The molecule has 0 saturated carbocycles. The molecule has 2 rings (SSSR count). The topological polar surface area (TPSA) is 56.3 Å². The third-order valence-corrected chi connectivity index (χ3v) is 2.66. The summed E-state index contributed by atoms with van der Waals surface area (Å²) in [6.45, 7) is 2.36. The van der Waals surface area contributed by atoms with Crippen molar-refractivity contribution in [1.29, 1.82) is 0 Å². The van der Waals surface area contributed by atoms with Crippen LogP contribution in [0.5, 0.6) is 11.6 Å². The summed E-state index contributed by atoms with van der Waals surface area (Å²) in [5.74, 6) is 1.95. The van der Waals surface area contributed by atoms with Gasteiger partial charge in [-0.3, -0.25) is 0 Å². The molecule has 1 aromatic heterocycles. The van der Waals surface area contributed by atoms with Crippen molar-refractivity contribution in [3.8, 4) is 11.6 Å². The molecule has 2 aromatic rings. The molecule has 0 amide bonds. The van der Waals surface area contributed by atoms with Gasteiger partial charge in [0.1, 0.15) is 12.4 Å². The Labute approximate surface area is 112 Å². The second-order valence-corrected chi connectivity index (χ2v) is 4.07. The lowest BCUT2D eigenvalue weighted by molar-refractivity contribution is 0.290. The van der Waals surface area contributed by atoms with Gasteiger partial charge in [-0.15, -0.1) is 0 Å². The van der Waals surface area contributed by atoms with Crippen molar-refractivity contribution >= 4 is 5.95 Å². The second kappa shape index (κ2) is 6.04. The Bertz CT molecular complexity index is 558. The van der Waals surface area contributed by atoms with E-state index in [-0.39, 0.29) is 0 Å². The molecule has 0 radical (unpaired) electrons. The van der Waals surface area contributed by atoms with Crippen molar-refractivity contribution in [2.75, 3.05) is 19.5 Å². The largest absolute Gasteiger partial charge is 0.497 e. The molecular weight excluding hydrogens is 242 g/mol. The number of aryl methyl sites for hydroxylation is 1. The smallest absolute Gasteiger partial charge is 0.225 e. The van der Waals surface area contributed by atoms with E-state index in [0.717, 1.165) is 16.9 Å². The molecule has 0 aliphatic rings. The van der Waals surface area contributed by atoms with Crippen molar-refractivity contribution in [3.63, 3.8) is 0 Å². The van der Waals surface area contributed by atoms with Crippen LogP contribution in [0.25, 0.3) is 0 Å². The molecule has 0 atom stereocenters. The molecule has 0 bridgehead atoms. The quantitative estimate of drug-likeness (QED) is 0.893. The molecule has 0 saturated heterocycles. The summed E-state index contributed by atoms with van der Waals surface area (Å²) < 4.78 is 10.9. The first kappa shape index (κ1) is 13.1. The third kappa shape index (κ3) is 3.34. The van der Waals surface area contributed by atoms with E-state index in [4.69, 9.17) is 9.47 Å². The maximum absolute atomic E-state index is 5.72. The predicted octanol–water partition coefficient (Wildman–Crippen LogP) is 2.41. The molecule has 5 heteroatoms. The van der Waals surface area contributed by atoms with Gasteiger partial charge in [-0.2, -0.15) is 4.98 Å². The molecule has 5 nitrogen and oxygen atoms in total. The van der Waals surface area contributed by atoms with Crippen molar-refractivity contribution in [2.45, 2.75) is 13.5 Å². The number of anilines is 1. The highest BCUT2D eigenvalue weighted by Gasteiger charge is 2.05. The Morgan fingerprint density at radius 3 is 2.89 bits per heavy atom. The van der Waals surface area contributed by atoms with E-state index in [9.17, 15) is 0 Å². The Morgan fingerprint density at radius 2 is 2.16 bits per heavy atom. The lowest BCUT2D eigenvalue weighted by atomic mass is 10.2. The van der Waals surface area contributed by atoms with Gasteiger partial charge in [0.25, 0.3) is 0 Å². The van der Waals surface area contributed by atoms with E-state index in [1.165, 1.54) is 0 Å². The minimum atomic E-state index is 0.443. The van der Waals surface area contributed by atoms with Crippen molar-refractivity contribution in [2.24, 2.45) is 0 Å². The lowest BCUT2D eigenvalue weighted by Crippen LogP contribution is -2.03. The highest BCUT2D eigenvalue weighted by atomic mass is 16.5. The standard InChI is InChI=1S/C14H17N3O2/c1-10-8-16-14(15-2)17-13(10)19-9-11-5-4-6-12(7-11)18-3/h4-8H,9H2,1-3H3,(H,15,16,17). The van der Waals surface area contributed by atoms with Crippen LogP contribution in [0.15, 0.2) is 30.5 Å². The number of hydrogen-bond acceptors (Lipinski definition) is 5. The Hall–Kier alpha value is -2.30. The van der Waals surface area contributed by atoms with Gasteiger partial charge in [-0.25, -0.2) is 4.98 Å². The molecule has 1 aromatic carbocycles. The van der Waals surface area contributed by atoms with Crippen LogP contribution in [0.1, 0.15) is 11.1 Å². The van der Waals surface area contributed by atoms with E-state index in [1.807, 2.05) is 31.2 Å². The van der Waals surface area contributed by atoms with Crippen LogP contribution in [-0.2, 0) is 6.61 Å². The van der Waals surface area contributed by atoms with Crippen LogP contribution in [0.2, 0.25) is 0 Å². The summed E-state index contributed by atoms with van der Waals surface area (Å²) in [6.07, 6.45) is 1.74. The van der Waals surface area contributed by atoms with Crippen LogP contribution in [0.4, 0.5) is 5.95 Å². The molecule has 0 spiro atoms. The Balaban J connectivity index is 2.09. The van der Waals surface area contributed by atoms with Gasteiger partial charge in [-0.1, -0.05) is 12.1 Å². The summed E-state index contributed by atoms with van der Waals surface area (Å²) in [7, 11) is 3.42. The monoisotopic (exact) mass is 259 g/mol. The number of benzene rings is 1. The van der Waals surface area contributed by atoms with Gasteiger partial charge in [0.15, 0.2) is 0 Å². The molecule has 0 unspecified atom stereocenters. The van der Waals surface area contributed by atoms with Crippen molar-refractivity contribution in [1.82, 2.24) is 9.97 Å². The normalized spacial score (nSPS) is 10.1. The zero-order valence-electron chi connectivity index (χ0n) is 11.3. The van der Waals surface area contributed by atoms with Gasteiger partial charge in [0, 0.05) is 18.8 Å². The fourth-order valence-electron chi connectivity index (χ4n) is 1.61. The average molecular weight is 259 g/mol. The van der Waals surface area contributed by atoms with E-state index in [0.29, 0.717) is 18.4 Å². The molecule has 19 heavy (non-hydrogen) atoms. The van der Waals surface area contributed by atoms with Gasteiger partial charge in [-0.05, 0) is 24.6 Å². The minimum absolute atomic E-state index is 0.443. The number of rotatable bonds is 5. The van der Waals surface area contributed by atoms with Gasteiger partial charge < -0.3 is 14.8 Å². The van der Waals surface area contributed by atoms with Crippen molar-refractivity contribution < 1.29 is 9.47 Å². The Morgan fingerprint density at radius 1 is 1.32 bits per heavy atom. The fraction of sp³-hybridized carbons (Fsp3) is 0.286. The molecule has 1 heterocycles. The van der Waals surface area contributed by atoms with Crippen LogP contribution in [-0.4, -0.2) is 24.1 Å². The summed E-state index contributed by atoms with van der Waals surface area (Å²) in [6, 6.07) is 7.76. The summed E-state index contributed by atoms with van der Waals surface area (Å²) in [5, 5.41) is 2.89. The summed E-state index contributed by atoms with van der Waals surface area (Å²) >= 11 is 0. The molecule has 1 N–H and O–H groups in total. The first-order valence-corrected chi connectivity index (χ1v) is 6.00. The third-order valence-electron chi connectivity index (χ3n) is 2.66. The molecule has 100 valence electrons. The zero-order valence-corrected chi connectivity index (χ0v) is 11.3. The highest BCUT2D eigenvalue weighted by molar-refractivity contribution is 5.32.